The molecule has 3 nitrogen and oxygen atoms in total. The molecule has 0 aliphatic heterocycles. The van der Waals surface area contributed by atoms with Crippen molar-refractivity contribution in [3.63, 3.8) is 0 Å². The lowest BCUT2D eigenvalue weighted by Crippen LogP contribution is -1.90. The van der Waals surface area contributed by atoms with Crippen molar-refractivity contribution < 1.29 is 9.50 Å². The molecule has 1 N–H and O–H groups in total. The van der Waals surface area contributed by atoms with E-state index in [1.165, 1.54) is 24.0 Å². The number of halogens is 2. The molecular weight excluding hydrogens is 283 g/mol. The van der Waals surface area contributed by atoms with Crippen LogP contribution in [0.15, 0.2) is 21.8 Å². The maximum Gasteiger partial charge on any atom is 0.181 e. The van der Waals surface area contributed by atoms with E-state index in [4.69, 9.17) is 0 Å². The Hall–Kier alpha value is -0.880. The highest BCUT2D eigenvalue weighted by atomic mass is 79.9. The molecule has 1 heterocycles. The summed E-state index contributed by atoms with van der Waals surface area (Å²) >= 11 is 4.44. The van der Waals surface area contributed by atoms with Gasteiger partial charge in [0.15, 0.2) is 11.6 Å². The Morgan fingerprint density at radius 1 is 1.53 bits per heavy atom. The lowest BCUT2D eigenvalue weighted by Gasteiger charge is -2.03. The fraction of sp³-hybridized carbons (Fsp3) is 0.111. The topological polar surface area (TPSA) is 46.0 Å². The number of hydrogen-bond donors (Lipinski definition) is 1. The molecule has 0 saturated carbocycles. The van der Waals surface area contributed by atoms with Crippen LogP contribution in [0, 0.1) is 5.82 Å². The summed E-state index contributed by atoms with van der Waals surface area (Å²) in [4.78, 5) is 8.16. The molecule has 78 valence electrons. The van der Waals surface area contributed by atoms with Crippen LogP contribution in [0.5, 0.6) is 5.75 Å². The van der Waals surface area contributed by atoms with Crippen LogP contribution in [0.4, 0.5) is 4.39 Å². The van der Waals surface area contributed by atoms with E-state index < -0.39 is 11.6 Å². The van der Waals surface area contributed by atoms with Gasteiger partial charge in [0.2, 0.25) is 0 Å². The van der Waals surface area contributed by atoms with E-state index >= 15 is 0 Å². The van der Waals surface area contributed by atoms with Crippen molar-refractivity contribution in [1.29, 1.82) is 0 Å². The maximum atomic E-state index is 13.3. The Kier molecular flexibility index (Phi) is 2.79. The van der Waals surface area contributed by atoms with E-state index in [9.17, 15) is 9.50 Å². The summed E-state index contributed by atoms with van der Waals surface area (Å²) in [5.41, 5.74) is 0.640. The van der Waals surface area contributed by atoms with Gasteiger partial charge in [0.05, 0.1) is 16.2 Å². The van der Waals surface area contributed by atoms with Crippen LogP contribution in [0.3, 0.4) is 0 Å². The number of rotatable bonds is 1. The van der Waals surface area contributed by atoms with Gasteiger partial charge in [0, 0.05) is 0 Å². The van der Waals surface area contributed by atoms with Crippen molar-refractivity contribution in [1.82, 2.24) is 9.97 Å². The third-order valence-corrected chi connectivity index (χ3v) is 3.08. The Labute approximate surface area is 97.9 Å². The van der Waals surface area contributed by atoms with E-state index in [0.717, 1.165) is 5.03 Å². The minimum absolute atomic E-state index is 0.175. The zero-order valence-corrected chi connectivity index (χ0v) is 10.1. The van der Waals surface area contributed by atoms with Crippen LogP contribution < -0.4 is 0 Å². The first kappa shape index (κ1) is 10.6. The summed E-state index contributed by atoms with van der Waals surface area (Å²) in [5.74, 6) is -1.19. The smallest absolute Gasteiger partial charge is 0.181 e. The third kappa shape index (κ3) is 1.79. The predicted octanol–water partition coefficient (Wildman–Crippen LogP) is 2.96. The Bertz CT molecular complexity index is 535. The van der Waals surface area contributed by atoms with E-state index in [-0.39, 0.29) is 9.99 Å². The van der Waals surface area contributed by atoms with E-state index in [1.807, 2.05) is 6.26 Å². The lowest BCUT2D eigenvalue weighted by molar-refractivity contribution is 0.435. The minimum Gasteiger partial charge on any atom is -0.503 e. The van der Waals surface area contributed by atoms with Crippen molar-refractivity contribution in [2.45, 2.75) is 5.03 Å². The molecule has 1 aromatic carbocycles. The number of benzene rings is 1. The largest absolute Gasteiger partial charge is 0.503 e. The first-order chi connectivity index (χ1) is 7.13. The number of nitrogens with zero attached hydrogens (tertiary/aromatic N) is 2. The lowest BCUT2D eigenvalue weighted by atomic mass is 10.2. The van der Waals surface area contributed by atoms with Gasteiger partial charge in [0.25, 0.3) is 0 Å². The first-order valence-electron chi connectivity index (χ1n) is 4.01. The monoisotopic (exact) mass is 288 g/mol. The molecule has 0 unspecified atom stereocenters. The van der Waals surface area contributed by atoms with Crippen LogP contribution in [-0.4, -0.2) is 21.3 Å². The van der Waals surface area contributed by atoms with Crippen molar-refractivity contribution in [3.8, 4) is 5.75 Å². The molecule has 0 radical (unpaired) electrons. The first-order valence-corrected chi connectivity index (χ1v) is 6.03. The zero-order valence-electron chi connectivity index (χ0n) is 7.66. The van der Waals surface area contributed by atoms with Crippen molar-refractivity contribution in [2.75, 3.05) is 6.26 Å². The molecular formula is C9H6BrFN2OS. The average Bonchev–Trinajstić information content (AvgIpc) is 2.25. The van der Waals surface area contributed by atoms with Gasteiger partial charge < -0.3 is 5.11 Å². The van der Waals surface area contributed by atoms with Crippen molar-refractivity contribution in [3.05, 3.63) is 22.6 Å². The Balaban J connectivity index is 2.80. The number of aromatic hydroxyl groups is 1. The molecule has 2 aromatic rings. The maximum absolute atomic E-state index is 13.3. The van der Waals surface area contributed by atoms with Gasteiger partial charge in [-0.3, -0.25) is 0 Å². The molecule has 0 aliphatic rings. The number of fused-ring (bicyclic) bond motifs is 1. The second kappa shape index (κ2) is 3.94. The quantitative estimate of drug-likeness (QED) is 0.820. The molecule has 0 aliphatic carbocycles. The molecule has 15 heavy (non-hydrogen) atoms. The fourth-order valence-corrected chi connectivity index (χ4v) is 1.92. The molecule has 0 atom stereocenters. The van der Waals surface area contributed by atoms with E-state index in [2.05, 4.69) is 25.9 Å². The van der Waals surface area contributed by atoms with Crippen molar-refractivity contribution in [2.24, 2.45) is 0 Å². The number of phenolic OH excluding ortho intramolecular Hbond substituents is 1. The van der Waals surface area contributed by atoms with Gasteiger partial charge in [0.1, 0.15) is 10.5 Å². The van der Waals surface area contributed by atoms with Crippen LogP contribution in [-0.2, 0) is 0 Å². The number of phenols is 1. The summed E-state index contributed by atoms with van der Waals surface area (Å²) in [7, 11) is 0. The number of hydrogen-bond acceptors (Lipinski definition) is 4. The average molecular weight is 289 g/mol. The minimum atomic E-state index is -0.714. The van der Waals surface area contributed by atoms with Gasteiger partial charge >= 0.3 is 0 Å². The standard InChI is InChI=1S/C9H6BrFN2OS/c1-15-6-3-12-8-5(13-6)2-4(10)7(11)9(8)14/h2-3,14H,1H3. The van der Waals surface area contributed by atoms with Gasteiger partial charge in [-0.15, -0.1) is 11.8 Å². The fourth-order valence-electron chi connectivity index (χ4n) is 1.17. The van der Waals surface area contributed by atoms with Crippen LogP contribution in [0.25, 0.3) is 11.0 Å². The summed E-state index contributed by atoms with van der Waals surface area (Å²) in [6.45, 7) is 0. The second-order valence-electron chi connectivity index (χ2n) is 2.80. The summed E-state index contributed by atoms with van der Waals surface area (Å²) in [6.07, 6.45) is 3.37. The van der Waals surface area contributed by atoms with Crippen LogP contribution in [0.1, 0.15) is 0 Å². The highest BCUT2D eigenvalue weighted by molar-refractivity contribution is 9.10. The van der Waals surface area contributed by atoms with Gasteiger partial charge in [-0.05, 0) is 28.3 Å². The van der Waals surface area contributed by atoms with E-state index in [0.29, 0.717) is 5.52 Å². The van der Waals surface area contributed by atoms with E-state index in [1.54, 1.807) is 0 Å². The zero-order chi connectivity index (χ0) is 11.0. The molecule has 0 saturated heterocycles. The molecule has 6 heteroatoms. The van der Waals surface area contributed by atoms with Crippen LogP contribution in [0.2, 0.25) is 0 Å². The highest BCUT2D eigenvalue weighted by Crippen LogP contribution is 2.31. The normalized spacial score (nSPS) is 10.9. The molecule has 1 aromatic heterocycles. The molecule has 0 fully saturated rings. The third-order valence-electron chi connectivity index (χ3n) is 1.89. The Morgan fingerprint density at radius 3 is 2.93 bits per heavy atom. The van der Waals surface area contributed by atoms with Gasteiger partial charge in [-0.25, -0.2) is 14.4 Å². The van der Waals surface area contributed by atoms with Gasteiger partial charge in [-0.1, -0.05) is 0 Å². The second-order valence-corrected chi connectivity index (χ2v) is 4.48. The van der Waals surface area contributed by atoms with Crippen molar-refractivity contribution >= 4 is 38.7 Å². The van der Waals surface area contributed by atoms with Crippen LogP contribution >= 0.6 is 27.7 Å². The molecule has 0 spiro atoms. The summed E-state index contributed by atoms with van der Waals surface area (Å²) in [5, 5.41) is 10.2. The van der Waals surface area contributed by atoms with Gasteiger partial charge in [-0.2, -0.15) is 0 Å². The highest BCUT2D eigenvalue weighted by Gasteiger charge is 2.13. The molecule has 0 bridgehead atoms. The molecule has 0 amide bonds. The SMILES string of the molecule is CSc1cnc2c(O)c(F)c(Br)cc2n1. The number of thioether (sulfide) groups is 1. The summed E-state index contributed by atoms with van der Waals surface area (Å²) < 4.78 is 13.5. The predicted molar refractivity (Wildman–Crippen MR) is 60.6 cm³/mol. The molecule has 2 rings (SSSR count). The summed E-state index contributed by atoms with van der Waals surface area (Å²) in [6, 6.07) is 1.50. The number of aromatic nitrogens is 2. The Morgan fingerprint density at radius 2 is 2.27 bits per heavy atom.